The van der Waals surface area contributed by atoms with Crippen molar-refractivity contribution in [1.82, 2.24) is 10.2 Å². The van der Waals surface area contributed by atoms with Crippen LogP contribution >= 0.6 is 15.9 Å². The first-order valence-corrected chi connectivity index (χ1v) is 7.64. The third-order valence-corrected chi connectivity index (χ3v) is 3.97. The first-order valence-electron chi connectivity index (χ1n) is 6.85. The summed E-state index contributed by atoms with van der Waals surface area (Å²) in [5.41, 5.74) is 1.29. The fourth-order valence-electron chi connectivity index (χ4n) is 2.12. The summed E-state index contributed by atoms with van der Waals surface area (Å²) in [7, 11) is 3.92. The SMILES string of the molecule is CN=C(NCCC1CC1)N(C)Cc1ccc(Br)cc1. The normalized spacial score (nSPS) is 15.4. The van der Waals surface area contributed by atoms with E-state index in [1.54, 1.807) is 0 Å². The first kappa shape index (κ1) is 14.4. The molecule has 0 unspecified atom stereocenters. The number of benzene rings is 1. The molecule has 0 aliphatic heterocycles. The maximum Gasteiger partial charge on any atom is 0.193 e. The zero-order valence-electron chi connectivity index (χ0n) is 11.7. The quantitative estimate of drug-likeness (QED) is 0.665. The topological polar surface area (TPSA) is 27.6 Å². The Labute approximate surface area is 124 Å². The molecule has 0 atom stereocenters. The van der Waals surface area contributed by atoms with Gasteiger partial charge in [0, 0.05) is 31.7 Å². The summed E-state index contributed by atoms with van der Waals surface area (Å²) < 4.78 is 1.12. The number of guanidine groups is 1. The second-order valence-electron chi connectivity index (χ2n) is 5.19. The predicted molar refractivity (Wildman–Crippen MR) is 84.3 cm³/mol. The van der Waals surface area contributed by atoms with E-state index in [0.717, 1.165) is 29.4 Å². The molecule has 2 rings (SSSR count). The minimum Gasteiger partial charge on any atom is -0.356 e. The number of hydrogen-bond acceptors (Lipinski definition) is 1. The predicted octanol–water partition coefficient (Wildman–Crippen LogP) is 3.26. The van der Waals surface area contributed by atoms with Crippen LogP contribution in [0.5, 0.6) is 0 Å². The molecule has 0 amide bonds. The molecule has 1 saturated carbocycles. The molecule has 0 bridgehead atoms. The molecule has 0 radical (unpaired) electrons. The van der Waals surface area contributed by atoms with Crippen LogP contribution in [0.15, 0.2) is 33.7 Å². The van der Waals surface area contributed by atoms with Gasteiger partial charge in [-0.3, -0.25) is 4.99 Å². The van der Waals surface area contributed by atoms with E-state index in [9.17, 15) is 0 Å². The molecule has 1 fully saturated rings. The summed E-state index contributed by atoms with van der Waals surface area (Å²) in [5.74, 6) is 1.94. The molecule has 3 nitrogen and oxygen atoms in total. The summed E-state index contributed by atoms with van der Waals surface area (Å²) in [5, 5.41) is 3.44. The van der Waals surface area contributed by atoms with Gasteiger partial charge in [-0.05, 0) is 30.0 Å². The zero-order chi connectivity index (χ0) is 13.7. The fourth-order valence-corrected chi connectivity index (χ4v) is 2.38. The van der Waals surface area contributed by atoms with Gasteiger partial charge in [0.1, 0.15) is 0 Å². The van der Waals surface area contributed by atoms with Crippen LogP contribution in [0.1, 0.15) is 24.8 Å². The molecule has 19 heavy (non-hydrogen) atoms. The lowest BCUT2D eigenvalue weighted by molar-refractivity contribution is 0.474. The van der Waals surface area contributed by atoms with Crippen molar-refractivity contribution in [2.75, 3.05) is 20.6 Å². The highest BCUT2D eigenvalue weighted by Gasteiger charge is 2.20. The average molecular weight is 324 g/mol. The molecule has 0 heterocycles. The van der Waals surface area contributed by atoms with Gasteiger partial charge in [0.15, 0.2) is 5.96 Å². The van der Waals surface area contributed by atoms with Gasteiger partial charge in [0.05, 0.1) is 0 Å². The number of rotatable bonds is 5. The maximum absolute atomic E-state index is 4.34. The lowest BCUT2D eigenvalue weighted by Gasteiger charge is -2.22. The number of aliphatic imine (C=N–C) groups is 1. The van der Waals surface area contributed by atoms with E-state index in [1.807, 2.05) is 7.05 Å². The molecule has 1 aliphatic rings. The lowest BCUT2D eigenvalue weighted by Crippen LogP contribution is -2.38. The van der Waals surface area contributed by atoms with Gasteiger partial charge in [-0.2, -0.15) is 0 Å². The molecule has 104 valence electrons. The van der Waals surface area contributed by atoms with Crippen LogP contribution in [0.3, 0.4) is 0 Å². The van der Waals surface area contributed by atoms with Crippen LogP contribution in [-0.4, -0.2) is 31.5 Å². The van der Waals surface area contributed by atoms with Crippen molar-refractivity contribution in [2.24, 2.45) is 10.9 Å². The highest BCUT2D eigenvalue weighted by atomic mass is 79.9. The van der Waals surface area contributed by atoms with Gasteiger partial charge in [-0.1, -0.05) is 40.9 Å². The number of nitrogens with zero attached hydrogens (tertiary/aromatic N) is 2. The summed E-state index contributed by atoms with van der Waals surface area (Å²) in [6, 6.07) is 8.43. The molecule has 1 aromatic rings. The van der Waals surface area contributed by atoms with E-state index >= 15 is 0 Å². The highest BCUT2D eigenvalue weighted by molar-refractivity contribution is 9.10. The Kier molecular flexibility index (Phi) is 5.25. The van der Waals surface area contributed by atoms with E-state index in [4.69, 9.17) is 0 Å². The Bertz CT molecular complexity index is 424. The van der Waals surface area contributed by atoms with E-state index in [1.165, 1.54) is 24.8 Å². The van der Waals surface area contributed by atoms with Crippen molar-refractivity contribution >= 4 is 21.9 Å². The molecule has 0 spiro atoms. The molecule has 1 aromatic carbocycles. The van der Waals surface area contributed by atoms with Gasteiger partial charge >= 0.3 is 0 Å². The summed E-state index contributed by atoms with van der Waals surface area (Å²) in [4.78, 5) is 6.50. The molecule has 1 N–H and O–H groups in total. The van der Waals surface area contributed by atoms with Crippen molar-refractivity contribution in [1.29, 1.82) is 0 Å². The van der Waals surface area contributed by atoms with Crippen LogP contribution in [0.25, 0.3) is 0 Å². The molecule has 4 heteroatoms. The third-order valence-electron chi connectivity index (χ3n) is 3.44. The van der Waals surface area contributed by atoms with Gasteiger partial charge in [0.2, 0.25) is 0 Å². The van der Waals surface area contributed by atoms with Gasteiger partial charge < -0.3 is 10.2 Å². The Morgan fingerprint density at radius 3 is 2.63 bits per heavy atom. The molecular weight excluding hydrogens is 302 g/mol. The monoisotopic (exact) mass is 323 g/mol. The van der Waals surface area contributed by atoms with Crippen LogP contribution in [0.2, 0.25) is 0 Å². The second-order valence-corrected chi connectivity index (χ2v) is 6.10. The average Bonchev–Trinajstić information content (AvgIpc) is 3.21. The fraction of sp³-hybridized carbons (Fsp3) is 0.533. The van der Waals surface area contributed by atoms with E-state index in [-0.39, 0.29) is 0 Å². The van der Waals surface area contributed by atoms with Crippen LogP contribution < -0.4 is 5.32 Å². The second kappa shape index (κ2) is 6.94. The van der Waals surface area contributed by atoms with E-state index < -0.39 is 0 Å². The molecule has 0 aromatic heterocycles. The van der Waals surface area contributed by atoms with Gasteiger partial charge in [0.25, 0.3) is 0 Å². The summed E-state index contributed by atoms with van der Waals surface area (Å²) >= 11 is 3.46. The van der Waals surface area contributed by atoms with Gasteiger partial charge in [-0.25, -0.2) is 0 Å². The van der Waals surface area contributed by atoms with Crippen molar-refractivity contribution in [3.63, 3.8) is 0 Å². The Balaban J connectivity index is 1.81. The minimum absolute atomic E-state index is 0.871. The zero-order valence-corrected chi connectivity index (χ0v) is 13.3. The van der Waals surface area contributed by atoms with E-state index in [0.29, 0.717) is 0 Å². The number of nitrogens with one attached hydrogen (secondary N) is 1. The Hall–Kier alpha value is -1.03. The van der Waals surface area contributed by atoms with Crippen LogP contribution in [0.4, 0.5) is 0 Å². The van der Waals surface area contributed by atoms with Crippen molar-refractivity contribution in [3.8, 4) is 0 Å². The molecule has 1 aliphatic carbocycles. The minimum atomic E-state index is 0.871. The first-order chi connectivity index (χ1) is 9.19. The smallest absolute Gasteiger partial charge is 0.193 e. The number of hydrogen-bond donors (Lipinski definition) is 1. The van der Waals surface area contributed by atoms with Gasteiger partial charge in [-0.15, -0.1) is 0 Å². The maximum atomic E-state index is 4.34. The van der Waals surface area contributed by atoms with E-state index in [2.05, 4.69) is 62.5 Å². The van der Waals surface area contributed by atoms with Crippen molar-refractivity contribution in [2.45, 2.75) is 25.8 Å². The molecule has 0 saturated heterocycles. The lowest BCUT2D eigenvalue weighted by atomic mass is 10.2. The van der Waals surface area contributed by atoms with Crippen molar-refractivity contribution < 1.29 is 0 Å². The highest BCUT2D eigenvalue weighted by Crippen LogP contribution is 2.31. The van der Waals surface area contributed by atoms with Crippen LogP contribution in [-0.2, 0) is 6.54 Å². The summed E-state index contributed by atoms with van der Waals surface area (Å²) in [6.07, 6.45) is 4.09. The Morgan fingerprint density at radius 1 is 1.37 bits per heavy atom. The largest absolute Gasteiger partial charge is 0.356 e. The van der Waals surface area contributed by atoms with Crippen molar-refractivity contribution in [3.05, 3.63) is 34.3 Å². The number of halogens is 1. The standard InChI is InChI=1S/C15H22BrN3/c1-17-15(18-10-9-12-3-4-12)19(2)11-13-5-7-14(16)8-6-13/h5-8,12H,3-4,9-11H2,1-2H3,(H,17,18). The Morgan fingerprint density at radius 2 is 2.05 bits per heavy atom. The third kappa shape index (κ3) is 4.86. The molecular formula is C15H22BrN3. The van der Waals surface area contributed by atoms with Crippen LogP contribution in [0, 0.1) is 5.92 Å². The summed E-state index contributed by atoms with van der Waals surface area (Å²) in [6.45, 7) is 1.90.